The van der Waals surface area contributed by atoms with Gasteiger partial charge in [-0.2, -0.15) is 0 Å². The van der Waals surface area contributed by atoms with E-state index in [1.165, 1.54) is 19.3 Å². The third-order valence-electron chi connectivity index (χ3n) is 3.06. The van der Waals surface area contributed by atoms with Crippen LogP contribution in [0.3, 0.4) is 0 Å². The molecule has 0 unspecified atom stereocenters. The fourth-order valence-corrected chi connectivity index (χ4v) is 1.91. The normalized spacial score (nSPS) is 11.5. The number of hydrogen-bond acceptors (Lipinski definition) is 2. The Morgan fingerprint density at radius 2 is 1.53 bits per heavy atom. The first-order chi connectivity index (χ1) is 9.07. The van der Waals surface area contributed by atoms with Crippen LogP contribution in [0.25, 0.3) is 0 Å². The highest BCUT2D eigenvalue weighted by atomic mass is 16.4. The lowest BCUT2D eigenvalue weighted by molar-refractivity contribution is -0.137. The molecule has 0 aliphatic carbocycles. The van der Waals surface area contributed by atoms with E-state index < -0.39 is 11.9 Å². The number of carboxylic acids is 2. The third-order valence-corrected chi connectivity index (χ3v) is 3.06. The van der Waals surface area contributed by atoms with Gasteiger partial charge in [0.2, 0.25) is 0 Å². The van der Waals surface area contributed by atoms with Crippen molar-refractivity contribution in [1.29, 1.82) is 0 Å². The molecule has 0 rings (SSSR count). The predicted octanol–water partition coefficient (Wildman–Crippen LogP) is 4.00. The van der Waals surface area contributed by atoms with Crippen molar-refractivity contribution in [2.45, 2.75) is 71.1 Å². The van der Waals surface area contributed by atoms with Crippen molar-refractivity contribution in [2.75, 3.05) is 0 Å². The van der Waals surface area contributed by atoms with Gasteiger partial charge >= 0.3 is 11.9 Å². The molecule has 0 amide bonds. The molecule has 2 N–H and O–H groups in total. The Hall–Kier alpha value is -1.32. The molecule has 0 bridgehead atoms. The predicted molar refractivity (Wildman–Crippen MR) is 75.2 cm³/mol. The summed E-state index contributed by atoms with van der Waals surface area (Å²) in [5.74, 6) is -1.69. The monoisotopic (exact) mass is 270 g/mol. The molecule has 4 heteroatoms. The molecular weight excluding hydrogens is 244 g/mol. The summed E-state index contributed by atoms with van der Waals surface area (Å²) >= 11 is 0. The van der Waals surface area contributed by atoms with Crippen LogP contribution in [0.4, 0.5) is 0 Å². The summed E-state index contributed by atoms with van der Waals surface area (Å²) < 4.78 is 0. The van der Waals surface area contributed by atoms with Crippen LogP contribution in [0.1, 0.15) is 71.1 Å². The molecule has 0 radical (unpaired) electrons. The topological polar surface area (TPSA) is 74.6 Å². The summed E-state index contributed by atoms with van der Waals surface area (Å²) in [6.45, 7) is 2.17. The number of carbonyl (C=O) groups is 2. The standard InChI is InChI=1S/C15H26O4/c1-2-3-4-5-6-7-10-13(15(18)19)11-8-9-12-14(16)17/h10H,2-9,11-12H2,1H3,(H,16,17)(H,18,19). The molecule has 4 nitrogen and oxygen atoms in total. The van der Waals surface area contributed by atoms with Crippen molar-refractivity contribution in [2.24, 2.45) is 0 Å². The van der Waals surface area contributed by atoms with Crippen molar-refractivity contribution in [3.8, 4) is 0 Å². The number of allylic oxidation sites excluding steroid dienone is 1. The van der Waals surface area contributed by atoms with E-state index in [1.807, 2.05) is 0 Å². The van der Waals surface area contributed by atoms with E-state index >= 15 is 0 Å². The molecule has 0 spiro atoms. The Kier molecular flexibility index (Phi) is 10.9. The van der Waals surface area contributed by atoms with E-state index in [-0.39, 0.29) is 6.42 Å². The van der Waals surface area contributed by atoms with E-state index in [4.69, 9.17) is 10.2 Å². The maximum absolute atomic E-state index is 11.0. The van der Waals surface area contributed by atoms with Crippen LogP contribution in [0, 0.1) is 0 Å². The second-order valence-corrected chi connectivity index (χ2v) is 4.84. The van der Waals surface area contributed by atoms with Crippen LogP contribution in [0.5, 0.6) is 0 Å². The van der Waals surface area contributed by atoms with Crippen LogP contribution in [0.2, 0.25) is 0 Å². The highest BCUT2D eigenvalue weighted by Gasteiger charge is 2.07. The van der Waals surface area contributed by atoms with Crippen molar-refractivity contribution >= 4 is 11.9 Å². The molecular formula is C15H26O4. The van der Waals surface area contributed by atoms with Gasteiger partial charge in [-0.1, -0.05) is 38.7 Å². The minimum absolute atomic E-state index is 0.115. The molecule has 0 saturated heterocycles. The van der Waals surface area contributed by atoms with Gasteiger partial charge in [-0.15, -0.1) is 0 Å². The lowest BCUT2D eigenvalue weighted by atomic mass is 10.0. The number of carboxylic acid groups (broad SMARTS) is 2. The third kappa shape index (κ3) is 11.5. The molecule has 0 aliphatic rings. The van der Waals surface area contributed by atoms with Gasteiger partial charge in [0.15, 0.2) is 0 Å². The van der Waals surface area contributed by atoms with E-state index in [2.05, 4.69) is 6.92 Å². The second-order valence-electron chi connectivity index (χ2n) is 4.84. The molecule has 0 aromatic carbocycles. The van der Waals surface area contributed by atoms with Gasteiger partial charge in [0.05, 0.1) is 0 Å². The Bertz CT molecular complexity index is 295. The minimum atomic E-state index is -0.871. The highest BCUT2D eigenvalue weighted by Crippen LogP contribution is 2.13. The lowest BCUT2D eigenvalue weighted by Crippen LogP contribution is -2.01. The van der Waals surface area contributed by atoms with Gasteiger partial charge in [0.25, 0.3) is 0 Å². The average molecular weight is 270 g/mol. The maximum Gasteiger partial charge on any atom is 0.331 e. The summed E-state index contributed by atoms with van der Waals surface area (Å²) in [6.07, 6.45) is 10.2. The summed E-state index contributed by atoms with van der Waals surface area (Å²) in [7, 11) is 0. The van der Waals surface area contributed by atoms with E-state index in [1.54, 1.807) is 6.08 Å². The van der Waals surface area contributed by atoms with Crippen LogP contribution < -0.4 is 0 Å². The van der Waals surface area contributed by atoms with Crippen molar-refractivity contribution < 1.29 is 19.8 Å². The first-order valence-corrected chi connectivity index (χ1v) is 7.22. The molecule has 0 saturated carbocycles. The molecule has 0 fully saturated rings. The lowest BCUT2D eigenvalue weighted by Gasteiger charge is -2.02. The molecule has 0 aromatic rings. The van der Waals surface area contributed by atoms with E-state index in [0.717, 1.165) is 19.3 Å². The molecule has 0 aliphatic heterocycles. The molecule has 19 heavy (non-hydrogen) atoms. The Labute approximate surface area is 115 Å². The van der Waals surface area contributed by atoms with Crippen molar-refractivity contribution in [3.63, 3.8) is 0 Å². The minimum Gasteiger partial charge on any atom is -0.481 e. The average Bonchev–Trinajstić information content (AvgIpc) is 2.35. The van der Waals surface area contributed by atoms with Gasteiger partial charge < -0.3 is 10.2 Å². The quantitative estimate of drug-likeness (QED) is 0.415. The number of unbranched alkanes of at least 4 members (excludes halogenated alkanes) is 6. The Morgan fingerprint density at radius 1 is 0.895 bits per heavy atom. The largest absolute Gasteiger partial charge is 0.481 e. The highest BCUT2D eigenvalue weighted by molar-refractivity contribution is 5.86. The maximum atomic E-state index is 11.0. The Balaban J connectivity index is 3.83. The van der Waals surface area contributed by atoms with Gasteiger partial charge in [0, 0.05) is 12.0 Å². The molecule has 110 valence electrons. The van der Waals surface area contributed by atoms with Gasteiger partial charge in [-0.05, 0) is 32.1 Å². The first kappa shape index (κ1) is 17.7. The fourth-order valence-electron chi connectivity index (χ4n) is 1.91. The summed E-state index contributed by atoms with van der Waals surface area (Å²) in [5.41, 5.74) is 0.431. The van der Waals surface area contributed by atoms with Crippen molar-refractivity contribution in [3.05, 3.63) is 11.6 Å². The van der Waals surface area contributed by atoms with E-state index in [0.29, 0.717) is 24.8 Å². The first-order valence-electron chi connectivity index (χ1n) is 7.22. The fraction of sp³-hybridized carbons (Fsp3) is 0.733. The molecule has 0 heterocycles. The van der Waals surface area contributed by atoms with Crippen LogP contribution >= 0.6 is 0 Å². The van der Waals surface area contributed by atoms with Gasteiger partial charge in [-0.25, -0.2) is 4.79 Å². The van der Waals surface area contributed by atoms with Crippen LogP contribution in [-0.4, -0.2) is 22.2 Å². The van der Waals surface area contributed by atoms with Crippen LogP contribution in [0.15, 0.2) is 11.6 Å². The zero-order chi connectivity index (χ0) is 14.5. The number of rotatable bonds is 12. The molecule has 0 aromatic heterocycles. The SMILES string of the molecule is CCCCCCCC=C(CCCCC(=O)O)C(=O)O. The zero-order valence-electron chi connectivity index (χ0n) is 11.9. The number of hydrogen-bond donors (Lipinski definition) is 2. The Morgan fingerprint density at radius 3 is 2.11 bits per heavy atom. The van der Waals surface area contributed by atoms with E-state index in [9.17, 15) is 9.59 Å². The molecule has 0 atom stereocenters. The smallest absolute Gasteiger partial charge is 0.331 e. The summed E-state index contributed by atoms with van der Waals surface area (Å²) in [6, 6.07) is 0. The van der Waals surface area contributed by atoms with Crippen molar-refractivity contribution in [1.82, 2.24) is 0 Å². The van der Waals surface area contributed by atoms with Gasteiger partial charge in [-0.3, -0.25) is 4.79 Å². The second kappa shape index (κ2) is 11.8. The summed E-state index contributed by atoms with van der Waals surface area (Å²) in [4.78, 5) is 21.4. The zero-order valence-corrected chi connectivity index (χ0v) is 11.9. The van der Waals surface area contributed by atoms with Gasteiger partial charge in [0.1, 0.15) is 0 Å². The van der Waals surface area contributed by atoms with Crippen LogP contribution in [-0.2, 0) is 9.59 Å². The number of aliphatic carboxylic acids is 2. The summed E-state index contributed by atoms with van der Waals surface area (Å²) in [5, 5.41) is 17.5.